The molecule has 0 unspecified atom stereocenters. The van der Waals surface area contributed by atoms with Gasteiger partial charge in [0.15, 0.2) is 11.2 Å². The molecule has 3 aromatic rings. The highest BCUT2D eigenvalue weighted by Crippen LogP contribution is 2.17. The highest BCUT2D eigenvalue weighted by atomic mass is 19.1. The summed E-state index contributed by atoms with van der Waals surface area (Å²) < 4.78 is 17.7. The number of hydrogen-bond donors (Lipinski definition) is 0. The van der Waals surface area contributed by atoms with Gasteiger partial charge in [0.05, 0.1) is 6.54 Å². The second kappa shape index (κ2) is 7.57. The smallest absolute Gasteiger partial charge is 0.317 e. The summed E-state index contributed by atoms with van der Waals surface area (Å²) in [6.07, 6.45) is 0. The van der Waals surface area contributed by atoms with Crippen LogP contribution in [0, 0.1) is 5.82 Å². The molecule has 0 spiro atoms. The summed E-state index contributed by atoms with van der Waals surface area (Å²) >= 11 is 0. The SMILES string of the molecule is CN1CCN(Cc2nc3c(c(=O)n(C)c(=O)n3C)n2Cc2ccc(F)cc2)CC1. The number of aromatic nitrogens is 4. The summed E-state index contributed by atoms with van der Waals surface area (Å²) in [6.45, 7) is 4.73. The van der Waals surface area contributed by atoms with E-state index >= 15 is 0 Å². The predicted molar refractivity (Wildman–Crippen MR) is 108 cm³/mol. The molecule has 1 fully saturated rings. The molecule has 2 aromatic heterocycles. The Bertz CT molecular complexity index is 1150. The topological polar surface area (TPSA) is 68.3 Å². The third kappa shape index (κ3) is 3.63. The average molecular weight is 400 g/mol. The molecule has 0 amide bonds. The molecule has 29 heavy (non-hydrogen) atoms. The van der Waals surface area contributed by atoms with Crippen molar-refractivity contribution in [2.75, 3.05) is 33.2 Å². The van der Waals surface area contributed by atoms with E-state index in [1.807, 2.05) is 4.57 Å². The largest absolute Gasteiger partial charge is 0.332 e. The van der Waals surface area contributed by atoms with Gasteiger partial charge in [-0.1, -0.05) is 12.1 Å². The van der Waals surface area contributed by atoms with Gasteiger partial charge in [-0.3, -0.25) is 18.8 Å². The van der Waals surface area contributed by atoms with Crippen molar-refractivity contribution in [3.63, 3.8) is 0 Å². The molecule has 4 rings (SSSR count). The van der Waals surface area contributed by atoms with Crippen LogP contribution in [-0.2, 0) is 27.2 Å². The van der Waals surface area contributed by atoms with Gasteiger partial charge in [0.1, 0.15) is 11.6 Å². The Labute approximate surface area is 167 Å². The standard InChI is InChI=1S/C20H25FN6O2/c1-23-8-10-26(11-9-23)13-16-22-18-17(19(28)25(3)20(29)24(18)2)27(16)12-14-4-6-15(21)7-5-14/h4-7H,8-13H2,1-3H3. The van der Waals surface area contributed by atoms with Gasteiger partial charge in [-0.15, -0.1) is 0 Å². The lowest BCUT2D eigenvalue weighted by Crippen LogP contribution is -2.44. The van der Waals surface area contributed by atoms with E-state index < -0.39 is 5.69 Å². The van der Waals surface area contributed by atoms with Crippen molar-refractivity contribution in [1.82, 2.24) is 28.5 Å². The molecule has 1 saturated heterocycles. The first-order chi connectivity index (χ1) is 13.8. The van der Waals surface area contributed by atoms with Crippen LogP contribution in [0.5, 0.6) is 0 Å². The summed E-state index contributed by atoms with van der Waals surface area (Å²) in [4.78, 5) is 34.5. The maximum atomic E-state index is 13.3. The first kappa shape index (κ1) is 19.5. The maximum absolute atomic E-state index is 13.3. The van der Waals surface area contributed by atoms with E-state index in [1.54, 1.807) is 19.2 Å². The zero-order chi connectivity index (χ0) is 20.7. The minimum atomic E-state index is -0.403. The summed E-state index contributed by atoms with van der Waals surface area (Å²) in [7, 11) is 5.19. The fourth-order valence-corrected chi connectivity index (χ4v) is 3.76. The Morgan fingerprint density at radius 1 is 0.931 bits per heavy atom. The monoisotopic (exact) mass is 400 g/mol. The van der Waals surface area contributed by atoms with Gasteiger partial charge < -0.3 is 9.47 Å². The zero-order valence-electron chi connectivity index (χ0n) is 16.9. The van der Waals surface area contributed by atoms with E-state index in [4.69, 9.17) is 0 Å². The molecule has 0 radical (unpaired) electrons. The number of fused-ring (bicyclic) bond motifs is 1. The zero-order valence-corrected chi connectivity index (χ0v) is 16.9. The molecular formula is C20H25FN6O2. The molecule has 0 atom stereocenters. The molecule has 0 aliphatic carbocycles. The van der Waals surface area contributed by atoms with E-state index in [1.165, 1.54) is 23.7 Å². The summed E-state index contributed by atoms with van der Waals surface area (Å²) in [5.41, 5.74) is 0.857. The number of imidazole rings is 1. The fourth-order valence-electron chi connectivity index (χ4n) is 3.76. The van der Waals surface area contributed by atoms with E-state index in [-0.39, 0.29) is 11.4 Å². The molecule has 154 valence electrons. The molecule has 0 saturated carbocycles. The fraction of sp³-hybridized carbons (Fsp3) is 0.450. The lowest BCUT2D eigenvalue weighted by molar-refractivity contribution is 0.144. The molecule has 0 bridgehead atoms. The van der Waals surface area contributed by atoms with Crippen molar-refractivity contribution in [2.24, 2.45) is 14.1 Å². The highest BCUT2D eigenvalue weighted by molar-refractivity contribution is 5.71. The number of hydrogen-bond acceptors (Lipinski definition) is 5. The van der Waals surface area contributed by atoms with Crippen molar-refractivity contribution in [1.29, 1.82) is 0 Å². The number of likely N-dealkylation sites (N-methyl/N-ethyl adjacent to an activating group) is 1. The summed E-state index contributed by atoms with van der Waals surface area (Å²) in [6, 6.07) is 6.21. The van der Waals surface area contributed by atoms with E-state index in [2.05, 4.69) is 21.8 Å². The van der Waals surface area contributed by atoms with Crippen molar-refractivity contribution >= 4 is 11.2 Å². The molecule has 1 aliphatic rings. The van der Waals surface area contributed by atoms with Crippen LogP contribution in [0.25, 0.3) is 11.2 Å². The van der Waals surface area contributed by atoms with Crippen LogP contribution in [0.4, 0.5) is 4.39 Å². The van der Waals surface area contributed by atoms with Gasteiger partial charge in [-0.05, 0) is 24.7 Å². The van der Waals surface area contributed by atoms with E-state index in [0.29, 0.717) is 24.3 Å². The van der Waals surface area contributed by atoms with Crippen molar-refractivity contribution in [2.45, 2.75) is 13.1 Å². The van der Waals surface area contributed by atoms with Crippen molar-refractivity contribution < 1.29 is 4.39 Å². The highest BCUT2D eigenvalue weighted by Gasteiger charge is 2.22. The van der Waals surface area contributed by atoms with E-state index in [9.17, 15) is 14.0 Å². The Morgan fingerprint density at radius 3 is 2.24 bits per heavy atom. The molecular weight excluding hydrogens is 375 g/mol. The van der Waals surface area contributed by atoms with Crippen molar-refractivity contribution in [3.05, 3.63) is 62.3 Å². The lowest BCUT2D eigenvalue weighted by Gasteiger charge is -2.32. The molecule has 0 N–H and O–H groups in total. The molecule has 9 heteroatoms. The van der Waals surface area contributed by atoms with Gasteiger partial charge in [0.25, 0.3) is 5.56 Å². The number of halogens is 1. The third-order valence-electron chi connectivity index (χ3n) is 5.64. The maximum Gasteiger partial charge on any atom is 0.332 e. The number of aryl methyl sites for hydroxylation is 1. The first-order valence-electron chi connectivity index (χ1n) is 9.65. The molecule has 3 heterocycles. The van der Waals surface area contributed by atoms with Crippen LogP contribution >= 0.6 is 0 Å². The van der Waals surface area contributed by atoms with Crippen LogP contribution in [-0.4, -0.2) is 61.7 Å². The minimum Gasteiger partial charge on any atom is -0.317 e. The van der Waals surface area contributed by atoms with Crippen molar-refractivity contribution in [3.8, 4) is 0 Å². The number of benzene rings is 1. The second-order valence-corrected chi connectivity index (χ2v) is 7.70. The van der Waals surface area contributed by atoms with Gasteiger partial charge in [-0.25, -0.2) is 14.2 Å². The second-order valence-electron chi connectivity index (χ2n) is 7.70. The van der Waals surface area contributed by atoms with Crippen LogP contribution in [0.2, 0.25) is 0 Å². The third-order valence-corrected chi connectivity index (χ3v) is 5.64. The normalized spacial score (nSPS) is 16.0. The average Bonchev–Trinajstić information content (AvgIpc) is 3.06. The summed E-state index contributed by atoms with van der Waals surface area (Å²) in [5.74, 6) is 0.424. The van der Waals surface area contributed by atoms with Gasteiger partial charge in [-0.2, -0.15) is 0 Å². The summed E-state index contributed by atoms with van der Waals surface area (Å²) in [5, 5.41) is 0. The van der Waals surface area contributed by atoms with Gasteiger partial charge >= 0.3 is 5.69 Å². The van der Waals surface area contributed by atoms with Gasteiger partial charge in [0.2, 0.25) is 0 Å². The predicted octanol–water partition coefficient (Wildman–Crippen LogP) is 0.369. The van der Waals surface area contributed by atoms with Crippen LogP contribution in [0.15, 0.2) is 33.9 Å². The van der Waals surface area contributed by atoms with Crippen LogP contribution in [0.3, 0.4) is 0 Å². The lowest BCUT2D eigenvalue weighted by atomic mass is 10.2. The molecule has 1 aliphatic heterocycles. The molecule has 8 nitrogen and oxygen atoms in total. The number of nitrogens with zero attached hydrogens (tertiary/aromatic N) is 6. The Balaban J connectivity index is 1.83. The van der Waals surface area contributed by atoms with Crippen LogP contribution in [0.1, 0.15) is 11.4 Å². The minimum absolute atomic E-state index is 0.305. The Morgan fingerprint density at radius 2 is 1.59 bits per heavy atom. The Hall–Kier alpha value is -2.78. The quantitative estimate of drug-likeness (QED) is 0.633. The number of rotatable bonds is 4. The Kier molecular flexibility index (Phi) is 5.10. The first-order valence-corrected chi connectivity index (χ1v) is 9.65. The van der Waals surface area contributed by atoms with E-state index in [0.717, 1.165) is 42.1 Å². The van der Waals surface area contributed by atoms with Gasteiger partial charge in [0, 0.05) is 46.8 Å². The molecule has 1 aromatic carbocycles. The van der Waals surface area contributed by atoms with Crippen LogP contribution < -0.4 is 11.2 Å². The number of piperazine rings is 1.